The van der Waals surface area contributed by atoms with Crippen molar-refractivity contribution in [3.63, 3.8) is 0 Å². The molecule has 0 aliphatic heterocycles. The van der Waals surface area contributed by atoms with Crippen LogP contribution in [0, 0.1) is 0 Å². The molecule has 0 saturated heterocycles. The lowest BCUT2D eigenvalue weighted by Crippen LogP contribution is -2.24. The average Bonchev–Trinajstić information content (AvgIpc) is 2.05. The molecular formula is C16H38Br2P2. The Kier molecular flexibility index (Phi) is 14.1. The lowest BCUT2D eigenvalue weighted by atomic mass is 10.3. The first-order valence-corrected chi connectivity index (χ1v) is 10.6. The molecule has 4 heteroatoms. The summed E-state index contributed by atoms with van der Waals surface area (Å²) in [6, 6.07) is 0. The van der Waals surface area contributed by atoms with Gasteiger partial charge in [-0.3, -0.25) is 0 Å². The van der Waals surface area contributed by atoms with Crippen LogP contribution in [0.25, 0.3) is 0 Å². The van der Waals surface area contributed by atoms with E-state index in [1.807, 2.05) is 0 Å². The Morgan fingerprint density at radius 3 is 0.900 bits per heavy atom. The minimum atomic E-state index is 0. The van der Waals surface area contributed by atoms with Gasteiger partial charge in [-0.25, -0.2) is 0 Å². The Morgan fingerprint density at radius 1 is 0.600 bits per heavy atom. The molecule has 0 bridgehead atoms. The third kappa shape index (κ3) is 9.76. The van der Waals surface area contributed by atoms with Crippen molar-refractivity contribution >= 4 is 49.8 Å². The third-order valence-electron chi connectivity index (χ3n) is 3.55. The summed E-state index contributed by atoms with van der Waals surface area (Å²) in [5, 5.41) is 1.03. The molecule has 0 aromatic rings. The van der Waals surface area contributed by atoms with E-state index in [4.69, 9.17) is 0 Å². The summed E-state index contributed by atoms with van der Waals surface area (Å²) in [5.74, 6) is 0. The van der Waals surface area contributed by atoms with Crippen molar-refractivity contribution in [2.75, 3.05) is 12.3 Å². The van der Waals surface area contributed by atoms with Gasteiger partial charge in [-0.2, -0.15) is 0 Å². The normalized spacial score (nSPS) is 15.6. The van der Waals surface area contributed by atoms with E-state index in [9.17, 15) is 0 Å². The molecule has 2 unspecified atom stereocenters. The van der Waals surface area contributed by atoms with Gasteiger partial charge in [0, 0.05) is 0 Å². The molecule has 0 aliphatic carbocycles. The zero-order valence-corrected chi connectivity index (χ0v) is 20.5. The highest BCUT2D eigenvalue weighted by Gasteiger charge is 2.31. The van der Waals surface area contributed by atoms with Gasteiger partial charge in [0.2, 0.25) is 0 Å². The van der Waals surface area contributed by atoms with Crippen molar-refractivity contribution < 1.29 is 0 Å². The molecular weight excluding hydrogens is 414 g/mol. The van der Waals surface area contributed by atoms with Gasteiger partial charge in [-0.1, -0.05) is 85.1 Å². The van der Waals surface area contributed by atoms with Crippen LogP contribution in [0.15, 0.2) is 0 Å². The molecule has 0 aromatic carbocycles. The summed E-state index contributed by atoms with van der Waals surface area (Å²) in [4.78, 5) is 0. The predicted octanol–water partition coefficient (Wildman–Crippen LogP) is 7.52. The maximum absolute atomic E-state index is 2.44. The summed E-state index contributed by atoms with van der Waals surface area (Å²) in [6.07, 6.45) is 2.94. The van der Waals surface area contributed by atoms with E-state index >= 15 is 0 Å². The van der Waals surface area contributed by atoms with E-state index in [0.29, 0.717) is 10.3 Å². The van der Waals surface area contributed by atoms with Crippen molar-refractivity contribution in [3.05, 3.63) is 0 Å². The highest BCUT2D eigenvalue weighted by Crippen LogP contribution is 2.59. The lowest BCUT2D eigenvalue weighted by Gasteiger charge is -2.40. The second-order valence-electron chi connectivity index (χ2n) is 7.92. The fourth-order valence-corrected chi connectivity index (χ4v) is 10.1. The molecule has 0 aliphatic rings. The van der Waals surface area contributed by atoms with Gasteiger partial charge in [0.25, 0.3) is 0 Å². The number of hydrogen-bond donors (Lipinski definition) is 0. The first-order chi connectivity index (χ1) is 7.87. The molecule has 126 valence electrons. The van der Waals surface area contributed by atoms with Crippen molar-refractivity contribution in [2.45, 2.75) is 90.9 Å². The van der Waals surface area contributed by atoms with Gasteiger partial charge < -0.3 is 0 Å². The quantitative estimate of drug-likeness (QED) is 0.379. The zero-order valence-electron chi connectivity index (χ0n) is 15.3. The largest absolute Gasteiger partial charge is 0.114 e. The lowest BCUT2D eigenvalue weighted by molar-refractivity contribution is 0.759. The molecule has 0 aromatic heterocycles. The van der Waals surface area contributed by atoms with Crippen molar-refractivity contribution in [3.8, 4) is 0 Å². The Bertz CT molecular complexity index is 214. The van der Waals surface area contributed by atoms with Crippen molar-refractivity contribution in [1.82, 2.24) is 0 Å². The molecule has 20 heavy (non-hydrogen) atoms. The fourth-order valence-electron chi connectivity index (χ4n) is 2.95. The molecule has 0 fully saturated rings. The van der Waals surface area contributed by atoms with Gasteiger partial charge in [0.05, 0.1) is 0 Å². The number of rotatable bonds is 5. The second kappa shape index (κ2) is 10.6. The topological polar surface area (TPSA) is 0 Å². The molecule has 0 nitrogen and oxygen atoms in total. The molecule has 0 amide bonds. The fraction of sp³-hybridized carbons (Fsp3) is 1.00. The maximum atomic E-state index is 2.44. The molecule has 0 spiro atoms. The summed E-state index contributed by atoms with van der Waals surface area (Å²) in [6.45, 7) is 24.3. The van der Waals surface area contributed by atoms with Crippen LogP contribution >= 0.6 is 49.8 Å². The van der Waals surface area contributed by atoms with E-state index in [1.165, 1.54) is 12.3 Å². The van der Waals surface area contributed by atoms with E-state index in [-0.39, 0.29) is 49.8 Å². The van der Waals surface area contributed by atoms with Gasteiger partial charge in [0.1, 0.15) is 0 Å². The van der Waals surface area contributed by atoms with E-state index < -0.39 is 0 Å². The minimum Gasteiger partial charge on any atom is -0.114 e. The smallest absolute Gasteiger partial charge is 0.0177 e. The Morgan fingerprint density at radius 2 is 0.800 bits per heavy atom. The van der Waals surface area contributed by atoms with Crippen LogP contribution in [0.1, 0.15) is 69.2 Å². The number of hydrogen-bond acceptors (Lipinski definition) is 0. The molecule has 2 atom stereocenters. The molecule has 0 N–H and O–H groups in total. The van der Waals surface area contributed by atoms with Crippen LogP contribution in [-0.4, -0.2) is 34.0 Å². The second-order valence-corrected chi connectivity index (χ2v) is 15.4. The summed E-state index contributed by atoms with van der Waals surface area (Å²) >= 11 is 0. The van der Waals surface area contributed by atoms with Crippen LogP contribution in [0.4, 0.5) is 0 Å². The Labute approximate surface area is 152 Å². The Balaban J connectivity index is -0.00000144. The summed E-state index contributed by atoms with van der Waals surface area (Å²) in [7, 11) is 0.302. The first kappa shape index (κ1) is 26.7. The van der Waals surface area contributed by atoms with Crippen LogP contribution in [0.3, 0.4) is 0 Å². The number of halogens is 2. The molecule has 0 heterocycles. The van der Waals surface area contributed by atoms with E-state index in [1.54, 1.807) is 0 Å². The summed E-state index contributed by atoms with van der Waals surface area (Å²) in [5.41, 5.74) is 1.73. The zero-order chi connectivity index (χ0) is 14.7. The Hall–Kier alpha value is 1.82. The van der Waals surface area contributed by atoms with Crippen molar-refractivity contribution in [1.29, 1.82) is 0 Å². The van der Waals surface area contributed by atoms with E-state index in [2.05, 4.69) is 69.2 Å². The van der Waals surface area contributed by atoms with Crippen LogP contribution in [-0.2, 0) is 0 Å². The maximum Gasteiger partial charge on any atom is -0.0177 e. The SMILES string of the molecule is Br.Br.CC(C)P(CCP(C(C)C)C(C)(C)C)C(C)(C)C. The van der Waals surface area contributed by atoms with Crippen LogP contribution < -0.4 is 0 Å². The molecule has 0 radical (unpaired) electrons. The van der Waals surface area contributed by atoms with Crippen LogP contribution in [0.2, 0.25) is 0 Å². The third-order valence-corrected chi connectivity index (χ3v) is 11.3. The van der Waals surface area contributed by atoms with Crippen LogP contribution in [0.5, 0.6) is 0 Å². The minimum absolute atomic E-state index is 0. The van der Waals surface area contributed by atoms with Gasteiger partial charge >= 0.3 is 0 Å². The van der Waals surface area contributed by atoms with Gasteiger partial charge in [-0.15, -0.1) is 34.0 Å². The van der Waals surface area contributed by atoms with Crippen molar-refractivity contribution in [2.24, 2.45) is 0 Å². The highest BCUT2D eigenvalue weighted by molar-refractivity contribution is 8.93. The monoisotopic (exact) mass is 450 g/mol. The molecule has 0 saturated carbocycles. The van der Waals surface area contributed by atoms with Gasteiger partial charge in [-0.05, 0) is 34.0 Å². The summed E-state index contributed by atoms with van der Waals surface area (Å²) < 4.78 is 0. The predicted molar refractivity (Wildman–Crippen MR) is 114 cm³/mol. The average molecular weight is 452 g/mol. The first-order valence-electron chi connectivity index (χ1n) is 7.41. The van der Waals surface area contributed by atoms with E-state index in [0.717, 1.165) is 11.3 Å². The van der Waals surface area contributed by atoms with Gasteiger partial charge in [0.15, 0.2) is 0 Å². The highest BCUT2D eigenvalue weighted by atomic mass is 79.9. The standard InChI is InChI=1S/C16H36P2.2BrH/c1-13(2)17(15(5,6)7)11-12-18(14(3)4)16(8,9)10;;/h13-14H,11-12H2,1-10H3;2*1H. The molecule has 0 rings (SSSR count).